The molecule has 2 aromatic rings. The van der Waals surface area contributed by atoms with Gasteiger partial charge in [0.1, 0.15) is 4.88 Å². The lowest BCUT2D eigenvalue weighted by molar-refractivity contribution is 0.102. The highest BCUT2D eigenvalue weighted by Crippen LogP contribution is 2.27. The van der Waals surface area contributed by atoms with Crippen molar-refractivity contribution >= 4 is 40.4 Å². The molecule has 0 fully saturated rings. The zero-order chi connectivity index (χ0) is 14.0. The number of nitrogen functional groups attached to an aromatic ring is 1. The van der Waals surface area contributed by atoms with E-state index in [4.69, 9.17) is 17.3 Å². The van der Waals surface area contributed by atoms with E-state index >= 15 is 0 Å². The van der Waals surface area contributed by atoms with Crippen LogP contribution < -0.4 is 11.1 Å². The summed E-state index contributed by atoms with van der Waals surface area (Å²) in [5.41, 5.74) is 8.38. The summed E-state index contributed by atoms with van der Waals surface area (Å²) < 4.78 is 3.79. The first-order chi connectivity index (χ1) is 9.02. The topological polar surface area (TPSA) is 80.9 Å². The Morgan fingerprint density at radius 1 is 1.53 bits per heavy atom. The van der Waals surface area contributed by atoms with Gasteiger partial charge in [0.05, 0.1) is 16.4 Å². The minimum atomic E-state index is -0.226. The van der Waals surface area contributed by atoms with Crippen LogP contribution in [-0.4, -0.2) is 15.5 Å². The summed E-state index contributed by atoms with van der Waals surface area (Å²) in [7, 11) is 0. The zero-order valence-corrected chi connectivity index (χ0v) is 12.1. The Bertz CT molecular complexity index is 626. The van der Waals surface area contributed by atoms with Gasteiger partial charge in [0, 0.05) is 5.69 Å². The maximum Gasteiger partial charge on any atom is 0.269 e. The van der Waals surface area contributed by atoms with Gasteiger partial charge in [-0.25, -0.2) is 0 Å². The summed E-state index contributed by atoms with van der Waals surface area (Å²) in [5.74, 6) is -0.226. The van der Waals surface area contributed by atoms with Gasteiger partial charge in [-0.05, 0) is 42.6 Å². The van der Waals surface area contributed by atoms with Crippen molar-refractivity contribution in [2.24, 2.45) is 0 Å². The molecular formula is C12H13ClN4OS. The molecule has 0 bridgehead atoms. The number of hydrogen-bond acceptors (Lipinski definition) is 5. The standard InChI is InChI=1S/C12H13ClN4OS/c1-3-9-11(19-17-16-9)12(18)15-10-5-7(13)8(14)4-6(10)2/h4-5H,3,14H2,1-2H3,(H,15,18). The summed E-state index contributed by atoms with van der Waals surface area (Å²) in [5, 5.41) is 7.14. The Morgan fingerprint density at radius 3 is 2.95 bits per heavy atom. The van der Waals surface area contributed by atoms with E-state index in [0.717, 1.165) is 17.1 Å². The Morgan fingerprint density at radius 2 is 2.26 bits per heavy atom. The molecule has 0 saturated heterocycles. The lowest BCUT2D eigenvalue weighted by atomic mass is 10.1. The molecule has 100 valence electrons. The van der Waals surface area contributed by atoms with Crippen molar-refractivity contribution in [3.63, 3.8) is 0 Å². The number of amides is 1. The van der Waals surface area contributed by atoms with E-state index in [9.17, 15) is 4.79 Å². The molecule has 1 aromatic carbocycles. The number of anilines is 2. The first-order valence-corrected chi connectivity index (χ1v) is 6.86. The minimum absolute atomic E-state index is 0.226. The van der Waals surface area contributed by atoms with E-state index in [1.807, 2.05) is 13.8 Å². The third kappa shape index (κ3) is 2.85. The summed E-state index contributed by atoms with van der Waals surface area (Å²) in [6.07, 6.45) is 0.667. The van der Waals surface area contributed by atoms with Crippen LogP contribution in [0.2, 0.25) is 5.02 Å². The van der Waals surface area contributed by atoms with Crippen LogP contribution in [0.15, 0.2) is 12.1 Å². The number of hydrogen-bond donors (Lipinski definition) is 2. The highest BCUT2D eigenvalue weighted by atomic mass is 35.5. The molecule has 0 aliphatic heterocycles. The van der Waals surface area contributed by atoms with Crippen LogP contribution in [-0.2, 0) is 6.42 Å². The maximum absolute atomic E-state index is 12.1. The van der Waals surface area contributed by atoms with Crippen LogP contribution in [0.5, 0.6) is 0 Å². The Hall–Kier alpha value is -1.66. The van der Waals surface area contributed by atoms with Crippen molar-refractivity contribution in [3.05, 3.63) is 33.3 Å². The summed E-state index contributed by atoms with van der Waals surface area (Å²) in [6, 6.07) is 3.37. The molecule has 2 rings (SSSR count). The molecule has 0 aliphatic rings. The predicted molar refractivity (Wildman–Crippen MR) is 77.8 cm³/mol. The van der Waals surface area contributed by atoms with Crippen LogP contribution in [0.1, 0.15) is 27.9 Å². The fourth-order valence-corrected chi connectivity index (χ4v) is 2.44. The second-order valence-corrected chi connectivity index (χ2v) is 5.21. The molecule has 3 N–H and O–H groups in total. The molecule has 1 heterocycles. The van der Waals surface area contributed by atoms with Gasteiger partial charge in [-0.1, -0.05) is 23.0 Å². The van der Waals surface area contributed by atoms with Crippen LogP contribution in [0, 0.1) is 6.92 Å². The van der Waals surface area contributed by atoms with E-state index < -0.39 is 0 Å². The third-order valence-electron chi connectivity index (χ3n) is 2.69. The van der Waals surface area contributed by atoms with Gasteiger partial charge in [0.2, 0.25) is 0 Å². The monoisotopic (exact) mass is 296 g/mol. The molecule has 1 aromatic heterocycles. The number of aryl methyl sites for hydroxylation is 2. The van der Waals surface area contributed by atoms with Gasteiger partial charge in [-0.15, -0.1) is 5.10 Å². The van der Waals surface area contributed by atoms with Crippen LogP contribution >= 0.6 is 23.1 Å². The second kappa shape index (κ2) is 5.54. The van der Waals surface area contributed by atoms with Crippen LogP contribution in [0.4, 0.5) is 11.4 Å². The highest BCUT2D eigenvalue weighted by molar-refractivity contribution is 7.08. The highest BCUT2D eigenvalue weighted by Gasteiger charge is 2.16. The second-order valence-electron chi connectivity index (χ2n) is 4.05. The van der Waals surface area contributed by atoms with Crippen molar-refractivity contribution in [2.75, 3.05) is 11.1 Å². The van der Waals surface area contributed by atoms with Gasteiger partial charge >= 0.3 is 0 Å². The number of nitrogens with one attached hydrogen (secondary N) is 1. The fourth-order valence-electron chi connectivity index (χ4n) is 1.63. The van der Waals surface area contributed by atoms with E-state index in [1.165, 1.54) is 0 Å². The summed E-state index contributed by atoms with van der Waals surface area (Å²) >= 11 is 7.04. The lowest BCUT2D eigenvalue weighted by Crippen LogP contribution is -2.13. The molecular weight excluding hydrogens is 284 g/mol. The van der Waals surface area contributed by atoms with Crippen molar-refractivity contribution in [1.29, 1.82) is 0 Å². The SMILES string of the molecule is CCc1nnsc1C(=O)Nc1cc(Cl)c(N)cc1C. The fraction of sp³-hybridized carbons (Fsp3) is 0.250. The predicted octanol–water partition coefficient (Wildman–Crippen LogP) is 2.90. The normalized spacial score (nSPS) is 10.5. The average molecular weight is 297 g/mol. The Labute approximate surface area is 119 Å². The third-order valence-corrected chi connectivity index (χ3v) is 3.78. The van der Waals surface area contributed by atoms with E-state index in [1.54, 1.807) is 12.1 Å². The Kier molecular flexibility index (Phi) is 4.01. The minimum Gasteiger partial charge on any atom is -0.398 e. The molecule has 5 nitrogen and oxygen atoms in total. The molecule has 0 radical (unpaired) electrons. The van der Waals surface area contributed by atoms with Crippen LogP contribution in [0.25, 0.3) is 0 Å². The number of benzene rings is 1. The number of carbonyl (C=O) groups excluding carboxylic acids is 1. The zero-order valence-electron chi connectivity index (χ0n) is 10.5. The molecule has 0 atom stereocenters. The number of aromatic nitrogens is 2. The van der Waals surface area contributed by atoms with E-state index in [-0.39, 0.29) is 5.91 Å². The smallest absolute Gasteiger partial charge is 0.269 e. The average Bonchev–Trinajstić information content (AvgIpc) is 2.84. The molecule has 0 spiro atoms. The number of rotatable bonds is 3. The van der Waals surface area contributed by atoms with Gasteiger partial charge < -0.3 is 11.1 Å². The number of halogens is 1. The molecule has 1 amide bonds. The molecule has 19 heavy (non-hydrogen) atoms. The van der Waals surface area contributed by atoms with Crippen molar-refractivity contribution in [2.45, 2.75) is 20.3 Å². The van der Waals surface area contributed by atoms with Gasteiger partial charge in [0.15, 0.2) is 0 Å². The van der Waals surface area contributed by atoms with Crippen molar-refractivity contribution in [1.82, 2.24) is 9.59 Å². The molecule has 0 saturated carbocycles. The summed E-state index contributed by atoms with van der Waals surface area (Å²) in [4.78, 5) is 12.7. The molecule has 0 aliphatic carbocycles. The summed E-state index contributed by atoms with van der Waals surface area (Å²) in [6.45, 7) is 3.78. The van der Waals surface area contributed by atoms with E-state index in [0.29, 0.717) is 33.4 Å². The maximum atomic E-state index is 12.1. The van der Waals surface area contributed by atoms with Crippen molar-refractivity contribution < 1.29 is 4.79 Å². The number of nitrogens with two attached hydrogens (primary N) is 1. The molecule has 7 heteroatoms. The van der Waals surface area contributed by atoms with Gasteiger partial charge in [-0.3, -0.25) is 4.79 Å². The van der Waals surface area contributed by atoms with Gasteiger partial charge in [-0.2, -0.15) is 0 Å². The number of carbonyl (C=O) groups is 1. The largest absolute Gasteiger partial charge is 0.398 e. The lowest BCUT2D eigenvalue weighted by Gasteiger charge is -2.09. The Balaban J connectivity index is 2.27. The first-order valence-electron chi connectivity index (χ1n) is 5.71. The van der Waals surface area contributed by atoms with Crippen LogP contribution in [0.3, 0.4) is 0 Å². The first kappa shape index (κ1) is 13.8. The van der Waals surface area contributed by atoms with Gasteiger partial charge in [0.25, 0.3) is 5.91 Å². The number of nitrogens with zero attached hydrogens (tertiary/aromatic N) is 2. The molecule has 0 unspecified atom stereocenters. The quantitative estimate of drug-likeness (QED) is 0.853. The van der Waals surface area contributed by atoms with E-state index in [2.05, 4.69) is 14.9 Å². The van der Waals surface area contributed by atoms with Crippen molar-refractivity contribution in [3.8, 4) is 0 Å².